The van der Waals surface area contributed by atoms with Crippen LogP contribution in [-0.2, 0) is 26.6 Å². The van der Waals surface area contributed by atoms with Gasteiger partial charge in [-0.3, -0.25) is 13.8 Å². The Bertz CT molecular complexity index is 1720. The van der Waals surface area contributed by atoms with Gasteiger partial charge < -0.3 is 5.32 Å². The van der Waals surface area contributed by atoms with Gasteiger partial charge in [-0.25, -0.2) is 21.2 Å². The van der Waals surface area contributed by atoms with Crippen LogP contribution < -0.4 is 14.3 Å². The number of para-hydroxylation sites is 1. The van der Waals surface area contributed by atoms with Crippen molar-refractivity contribution in [2.45, 2.75) is 25.3 Å². The Hall–Kier alpha value is -4.22. The third kappa shape index (κ3) is 6.85. The predicted octanol–water partition coefficient (Wildman–Crippen LogP) is 5.46. The number of carbonyl (C=O) groups excluding carboxylic acids is 1. The normalized spacial score (nSPS) is 11.6. The number of nitrogens with one attached hydrogen (secondary N) is 2. The topological polar surface area (TPSA) is 113 Å². The molecular formula is C29H28FN3O5S2. The molecule has 1 amide bonds. The van der Waals surface area contributed by atoms with E-state index in [1.807, 2.05) is 32.0 Å². The zero-order chi connectivity index (χ0) is 29.1. The second-order valence-electron chi connectivity index (χ2n) is 9.29. The molecule has 4 rings (SSSR count). The number of rotatable bonds is 9. The monoisotopic (exact) mass is 581 g/mol. The lowest BCUT2D eigenvalue weighted by molar-refractivity contribution is 0.102. The molecule has 8 nitrogen and oxygen atoms in total. The summed E-state index contributed by atoms with van der Waals surface area (Å²) in [7, 11) is -7.50. The molecule has 0 saturated carbocycles. The zero-order valence-electron chi connectivity index (χ0n) is 22.1. The number of benzene rings is 4. The van der Waals surface area contributed by atoms with Gasteiger partial charge in [-0.15, -0.1) is 0 Å². The number of hydrogen-bond acceptors (Lipinski definition) is 5. The molecule has 0 aliphatic carbocycles. The van der Waals surface area contributed by atoms with Gasteiger partial charge in [-0.1, -0.05) is 30.3 Å². The third-order valence-corrected chi connectivity index (χ3v) is 8.70. The minimum atomic E-state index is -3.84. The van der Waals surface area contributed by atoms with Crippen molar-refractivity contribution in [1.82, 2.24) is 0 Å². The van der Waals surface area contributed by atoms with Gasteiger partial charge in [0.25, 0.3) is 15.9 Å². The average Bonchev–Trinajstić information content (AvgIpc) is 2.90. The molecule has 0 heterocycles. The van der Waals surface area contributed by atoms with Crippen LogP contribution in [0.1, 0.15) is 27.0 Å². The molecule has 11 heteroatoms. The second-order valence-corrected chi connectivity index (χ2v) is 12.9. The molecule has 0 radical (unpaired) electrons. The fraction of sp³-hybridized carbons (Fsp3) is 0.138. The highest BCUT2D eigenvalue weighted by Gasteiger charge is 2.19. The highest BCUT2D eigenvalue weighted by Crippen LogP contribution is 2.25. The van der Waals surface area contributed by atoms with Gasteiger partial charge in [0.2, 0.25) is 10.0 Å². The van der Waals surface area contributed by atoms with Crippen LogP contribution in [0.3, 0.4) is 0 Å². The van der Waals surface area contributed by atoms with Crippen LogP contribution in [0.5, 0.6) is 0 Å². The number of anilines is 3. The average molecular weight is 582 g/mol. The highest BCUT2D eigenvalue weighted by molar-refractivity contribution is 7.92. The van der Waals surface area contributed by atoms with Crippen molar-refractivity contribution in [3.63, 3.8) is 0 Å². The smallest absolute Gasteiger partial charge is 0.261 e. The number of amides is 1. The lowest BCUT2D eigenvalue weighted by Crippen LogP contribution is -2.29. The van der Waals surface area contributed by atoms with Crippen LogP contribution in [0.25, 0.3) is 0 Å². The van der Waals surface area contributed by atoms with Gasteiger partial charge in [0.05, 0.1) is 29.1 Å². The molecule has 4 aromatic carbocycles. The van der Waals surface area contributed by atoms with Crippen molar-refractivity contribution >= 4 is 43.0 Å². The highest BCUT2D eigenvalue weighted by atomic mass is 32.2. The van der Waals surface area contributed by atoms with E-state index in [2.05, 4.69) is 10.0 Å². The molecule has 0 aliphatic heterocycles. The molecule has 0 aromatic heterocycles. The standard InChI is InChI=1S/C29H28FN3O5S2/c1-20-5-4-6-21(2)28(20)32-40(37,38)27-17-13-25(14-18-27)31-29(34)23-9-15-26(16-10-23)33(39(3,35)36)19-22-7-11-24(30)12-8-22/h4-18,32H,19H2,1-3H3,(H,31,34). The van der Waals surface area contributed by atoms with E-state index in [4.69, 9.17) is 0 Å². The summed E-state index contributed by atoms with van der Waals surface area (Å²) < 4.78 is 67.6. The fourth-order valence-electron chi connectivity index (χ4n) is 4.02. The molecule has 4 aromatic rings. The number of sulfonamides is 2. The molecule has 0 fully saturated rings. The van der Waals surface area contributed by atoms with Crippen LogP contribution in [0.2, 0.25) is 0 Å². The summed E-state index contributed by atoms with van der Waals surface area (Å²) in [5.41, 5.74) is 3.72. The van der Waals surface area contributed by atoms with Crippen LogP contribution in [0.4, 0.5) is 21.5 Å². The summed E-state index contributed by atoms with van der Waals surface area (Å²) in [6.45, 7) is 3.64. The number of hydrogen-bond donors (Lipinski definition) is 2. The summed E-state index contributed by atoms with van der Waals surface area (Å²) in [6, 6.07) is 22.8. The lowest BCUT2D eigenvalue weighted by atomic mass is 10.1. The van der Waals surface area contributed by atoms with Gasteiger partial charge in [-0.05, 0) is 91.2 Å². The van der Waals surface area contributed by atoms with E-state index < -0.39 is 31.8 Å². The molecular weight excluding hydrogens is 553 g/mol. The van der Waals surface area contributed by atoms with Crippen molar-refractivity contribution in [2.24, 2.45) is 0 Å². The van der Waals surface area contributed by atoms with E-state index >= 15 is 0 Å². The maximum atomic E-state index is 13.2. The molecule has 2 N–H and O–H groups in total. The summed E-state index contributed by atoms with van der Waals surface area (Å²) in [5.74, 6) is -0.879. The summed E-state index contributed by atoms with van der Waals surface area (Å²) >= 11 is 0. The number of halogens is 1. The molecule has 0 aliphatic rings. The van der Waals surface area contributed by atoms with Crippen molar-refractivity contribution in [2.75, 3.05) is 20.6 Å². The van der Waals surface area contributed by atoms with Gasteiger partial charge in [-0.2, -0.15) is 0 Å². The zero-order valence-corrected chi connectivity index (χ0v) is 23.7. The molecule has 0 spiro atoms. The number of carbonyl (C=O) groups is 1. The first-order valence-corrected chi connectivity index (χ1v) is 15.5. The van der Waals surface area contributed by atoms with Crippen LogP contribution >= 0.6 is 0 Å². The Balaban J connectivity index is 1.46. The van der Waals surface area contributed by atoms with Crippen molar-refractivity contribution in [3.8, 4) is 0 Å². The summed E-state index contributed by atoms with van der Waals surface area (Å²) in [4.78, 5) is 12.8. The number of nitrogens with zero attached hydrogens (tertiary/aromatic N) is 1. The first kappa shape index (κ1) is 28.8. The van der Waals surface area contributed by atoms with Gasteiger partial charge in [0, 0.05) is 11.3 Å². The largest absolute Gasteiger partial charge is 0.322 e. The summed E-state index contributed by atoms with van der Waals surface area (Å²) in [5, 5.41) is 2.71. The van der Waals surface area contributed by atoms with Crippen molar-refractivity contribution in [3.05, 3.63) is 119 Å². The first-order chi connectivity index (χ1) is 18.8. The minimum Gasteiger partial charge on any atom is -0.322 e. The Kier molecular flexibility index (Phi) is 8.26. The van der Waals surface area contributed by atoms with E-state index in [1.165, 1.54) is 72.8 Å². The lowest BCUT2D eigenvalue weighted by Gasteiger charge is -2.22. The Morgan fingerprint density at radius 3 is 1.93 bits per heavy atom. The Morgan fingerprint density at radius 1 is 0.800 bits per heavy atom. The van der Waals surface area contributed by atoms with Crippen LogP contribution in [-0.4, -0.2) is 29.0 Å². The van der Waals surface area contributed by atoms with E-state index in [9.17, 15) is 26.0 Å². The van der Waals surface area contributed by atoms with E-state index in [1.54, 1.807) is 0 Å². The third-order valence-electron chi connectivity index (χ3n) is 6.20. The predicted molar refractivity (Wildman–Crippen MR) is 155 cm³/mol. The van der Waals surface area contributed by atoms with Crippen molar-refractivity contribution in [1.29, 1.82) is 0 Å². The molecule has 0 bridgehead atoms. The Morgan fingerprint density at radius 2 is 1.38 bits per heavy atom. The van der Waals surface area contributed by atoms with E-state index in [0.717, 1.165) is 21.7 Å². The molecule has 0 saturated heterocycles. The molecule has 208 valence electrons. The van der Waals surface area contributed by atoms with Crippen LogP contribution in [0, 0.1) is 19.7 Å². The first-order valence-electron chi connectivity index (χ1n) is 12.2. The molecule has 0 atom stereocenters. The van der Waals surface area contributed by atoms with E-state index in [-0.39, 0.29) is 17.0 Å². The van der Waals surface area contributed by atoms with Crippen LogP contribution in [0.15, 0.2) is 95.9 Å². The van der Waals surface area contributed by atoms with Crippen molar-refractivity contribution < 1.29 is 26.0 Å². The van der Waals surface area contributed by atoms with Gasteiger partial charge >= 0.3 is 0 Å². The maximum Gasteiger partial charge on any atom is 0.261 e. The molecule has 0 unspecified atom stereocenters. The Labute approximate surface area is 233 Å². The van der Waals surface area contributed by atoms with E-state index in [0.29, 0.717) is 22.6 Å². The SMILES string of the molecule is Cc1cccc(C)c1NS(=O)(=O)c1ccc(NC(=O)c2ccc(N(Cc3ccc(F)cc3)S(C)(=O)=O)cc2)cc1. The quantitative estimate of drug-likeness (QED) is 0.273. The second kappa shape index (κ2) is 11.5. The minimum absolute atomic E-state index is 0.00181. The molecule has 40 heavy (non-hydrogen) atoms. The van der Waals surface area contributed by atoms with Gasteiger partial charge in [0.15, 0.2) is 0 Å². The fourth-order valence-corrected chi connectivity index (χ4v) is 6.12. The maximum absolute atomic E-state index is 13.2. The summed E-state index contributed by atoms with van der Waals surface area (Å²) in [6.07, 6.45) is 1.07. The van der Waals surface area contributed by atoms with Gasteiger partial charge in [0.1, 0.15) is 5.82 Å². The number of aryl methyl sites for hydroxylation is 2.